The molecule has 88 valence electrons. The van der Waals surface area contributed by atoms with Crippen LogP contribution in [-0.4, -0.2) is 13.1 Å². The Hall–Kier alpha value is -0.820. The molecule has 0 aromatic heterocycles. The van der Waals surface area contributed by atoms with Gasteiger partial charge in [-0.2, -0.15) is 0 Å². The highest BCUT2D eigenvalue weighted by Crippen LogP contribution is 2.20. The molecule has 1 aromatic carbocycles. The van der Waals surface area contributed by atoms with Crippen molar-refractivity contribution in [3.63, 3.8) is 0 Å². The summed E-state index contributed by atoms with van der Waals surface area (Å²) in [5.74, 6) is 1.54. The molecule has 0 spiro atoms. The van der Waals surface area contributed by atoms with Crippen LogP contribution in [0.2, 0.25) is 0 Å². The molecule has 0 amide bonds. The van der Waals surface area contributed by atoms with E-state index in [2.05, 4.69) is 43.4 Å². The summed E-state index contributed by atoms with van der Waals surface area (Å²) in [6, 6.07) is 9.22. The van der Waals surface area contributed by atoms with Gasteiger partial charge in [-0.25, -0.2) is 0 Å². The highest BCUT2D eigenvalue weighted by Gasteiger charge is 2.13. The minimum absolute atomic E-state index is 0.646. The Morgan fingerprint density at radius 2 is 1.75 bits per heavy atom. The predicted molar refractivity (Wildman–Crippen MR) is 69.8 cm³/mol. The number of benzene rings is 1. The largest absolute Gasteiger partial charge is 0.317 e. The minimum Gasteiger partial charge on any atom is -0.317 e. The van der Waals surface area contributed by atoms with Crippen molar-refractivity contribution in [2.24, 2.45) is 5.92 Å². The highest BCUT2D eigenvalue weighted by molar-refractivity contribution is 5.25. The maximum atomic E-state index is 3.42. The molecule has 0 aliphatic carbocycles. The van der Waals surface area contributed by atoms with Gasteiger partial charge in [0.2, 0.25) is 0 Å². The van der Waals surface area contributed by atoms with Gasteiger partial charge in [-0.3, -0.25) is 0 Å². The zero-order valence-electron chi connectivity index (χ0n) is 10.5. The van der Waals surface area contributed by atoms with E-state index >= 15 is 0 Å². The summed E-state index contributed by atoms with van der Waals surface area (Å²) in [7, 11) is 0. The lowest BCUT2D eigenvalue weighted by Crippen LogP contribution is -2.28. The first-order valence-corrected chi connectivity index (χ1v) is 6.55. The third-order valence-corrected chi connectivity index (χ3v) is 3.63. The van der Waals surface area contributed by atoms with Crippen molar-refractivity contribution < 1.29 is 0 Å². The van der Waals surface area contributed by atoms with E-state index in [1.165, 1.54) is 43.5 Å². The second-order valence-corrected chi connectivity index (χ2v) is 5.29. The molecule has 1 fully saturated rings. The topological polar surface area (TPSA) is 12.0 Å². The molecule has 0 saturated carbocycles. The normalized spacial score (nSPS) is 17.9. The molecule has 1 heterocycles. The van der Waals surface area contributed by atoms with Crippen LogP contribution >= 0.6 is 0 Å². The molecule has 0 unspecified atom stereocenters. The molecular formula is C15H23N. The molecule has 2 rings (SSSR count). The summed E-state index contributed by atoms with van der Waals surface area (Å²) >= 11 is 0. The van der Waals surface area contributed by atoms with E-state index in [-0.39, 0.29) is 0 Å². The second-order valence-electron chi connectivity index (χ2n) is 5.29. The van der Waals surface area contributed by atoms with Crippen LogP contribution in [0.25, 0.3) is 0 Å². The number of piperidine rings is 1. The molecular weight excluding hydrogens is 194 g/mol. The van der Waals surface area contributed by atoms with Crippen LogP contribution in [0.15, 0.2) is 24.3 Å². The molecule has 0 radical (unpaired) electrons. The molecule has 0 bridgehead atoms. The fourth-order valence-corrected chi connectivity index (χ4v) is 2.46. The van der Waals surface area contributed by atoms with E-state index in [0.29, 0.717) is 5.92 Å². The van der Waals surface area contributed by atoms with Gasteiger partial charge in [-0.15, -0.1) is 0 Å². The third-order valence-electron chi connectivity index (χ3n) is 3.63. The highest BCUT2D eigenvalue weighted by atomic mass is 14.9. The average molecular weight is 217 g/mol. The van der Waals surface area contributed by atoms with Gasteiger partial charge in [0.25, 0.3) is 0 Å². The first kappa shape index (κ1) is 11.7. The zero-order valence-corrected chi connectivity index (χ0v) is 10.5. The van der Waals surface area contributed by atoms with E-state index in [9.17, 15) is 0 Å². The summed E-state index contributed by atoms with van der Waals surface area (Å²) in [6.45, 7) is 6.91. The van der Waals surface area contributed by atoms with Crippen molar-refractivity contribution in [1.82, 2.24) is 5.32 Å². The maximum Gasteiger partial charge on any atom is -0.00462 e. The Kier molecular flexibility index (Phi) is 4.00. The molecule has 1 aliphatic rings. The molecule has 1 heteroatoms. The van der Waals surface area contributed by atoms with Crippen molar-refractivity contribution in [2.75, 3.05) is 13.1 Å². The second kappa shape index (κ2) is 5.49. The van der Waals surface area contributed by atoms with Crippen LogP contribution in [0.4, 0.5) is 0 Å². The van der Waals surface area contributed by atoms with E-state index in [1.807, 2.05) is 0 Å². The lowest BCUT2D eigenvalue weighted by molar-refractivity contribution is 0.372. The minimum atomic E-state index is 0.646. The lowest BCUT2D eigenvalue weighted by Gasteiger charge is -2.22. The molecule has 16 heavy (non-hydrogen) atoms. The summed E-state index contributed by atoms with van der Waals surface area (Å²) in [4.78, 5) is 0. The Balaban J connectivity index is 1.93. The fourth-order valence-electron chi connectivity index (χ4n) is 2.46. The van der Waals surface area contributed by atoms with Crippen molar-refractivity contribution in [2.45, 2.75) is 39.0 Å². The first-order valence-electron chi connectivity index (χ1n) is 6.55. The van der Waals surface area contributed by atoms with Gasteiger partial charge in [0, 0.05) is 0 Å². The molecule has 1 N–H and O–H groups in total. The first-order chi connectivity index (χ1) is 7.75. The maximum absolute atomic E-state index is 3.42. The van der Waals surface area contributed by atoms with Gasteiger partial charge in [0.15, 0.2) is 0 Å². The SMILES string of the molecule is CC(C)c1ccc(CC2CCNCC2)cc1. The Labute approximate surface area is 99.3 Å². The van der Waals surface area contributed by atoms with Gasteiger partial charge in [-0.1, -0.05) is 38.1 Å². The van der Waals surface area contributed by atoms with Gasteiger partial charge in [0.05, 0.1) is 0 Å². The van der Waals surface area contributed by atoms with Crippen LogP contribution in [0.5, 0.6) is 0 Å². The van der Waals surface area contributed by atoms with Crippen LogP contribution in [0, 0.1) is 5.92 Å². The number of hydrogen-bond donors (Lipinski definition) is 1. The van der Waals surface area contributed by atoms with Crippen LogP contribution < -0.4 is 5.32 Å². The molecule has 1 saturated heterocycles. The predicted octanol–water partition coefficient (Wildman–Crippen LogP) is 3.35. The van der Waals surface area contributed by atoms with E-state index in [1.54, 1.807) is 0 Å². The van der Waals surface area contributed by atoms with E-state index < -0.39 is 0 Å². The Morgan fingerprint density at radius 1 is 1.12 bits per heavy atom. The van der Waals surface area contributed by atoms with Gasteiger partial charge in [0.1, 0.15) is 0 Å². The number of rotatable bonds is 3. The van der Waals surface area contributed by atoms with Gasteiger partial charge in [-0.05, 0) is 55.3 Å². The van der Waals surface area contributed by atoms with E-state index in [4.69, 9.17) is 0 Å². The summed E-state index contributed by atoms with van der Waals surface area (Å²) in [5, 5.41) is 3.42. The molecule has 0 atom stereocenters. The summed E-state index contributed by atoms with van der Waals surface area (Å²) < 4.78 is 0. The fraction of sp³-hybridized carbons (Fsp3) is 0.600. The molecule has 1 aromatic rings. The van der Waals surface area contributed by atoms with Crippen molar-refractivity contribution in [3.05, 3.63) is 35.4 Å². The van der Waals surface area contributed by atoms with Crippen molar-refractivity contribution >= 4 is 0 Å². The quantitative estimate of drug-likeness (QED) is 0.818. The lowest BCUT2D eigenvalue weighted by atomic mass is 9.90. The monoisotopic (exact) mass is 217 g/mol. The molecule has 1 aliphatic heterocycles. The van der Waals surface area contributed by atoms with Gasteiger partial charge >= 0.3 is 0 Å². The van der Waals surface area contributed by atoms with Crippen LogP contribution in [-0.2, 0) is 6.42 Å². The van der Waals surface area contributed by atoms with Crippen molar-refractivity contribution in [1.29, 1.82) is 0 Å². The zero-order chi connectivity index (χ0) is 11.4. The van der Waals surface area contributed by atoms with Crippen LogP contribution in [0.1, 0.15) is 43.7 Å². The van der Waals surface area contributed by atoms with Gasteiger partial charge < -0.3 is 5.32 Å². The van der Waals surface area contributed by atoms with Crippen molar-refractivity contribution in [3.8, 4) is 0 Å². The van der Waals surface area contributed by atoms with E-state index in [0.717, 1.165) is 5.92 Å². The molecule has 1 nitrogen and oxygen atoms in total. The number of nitrogens with one attached hydrogen (secondary N) is 1. The average Bonchev–Trinajstić information content (AvgIpc) is 2.31. The third kappa shape index (κ3) is 3.08. The van der Waals surface area contributed by atoms with Crippen LogP contribution in [0.3, 0.4) is 0 Å². The summed E-state index contributed by atoms with van der Waals surface area (Å²) in [5.41, 5.74) is 2.96. The smallest absolute Gasteiger partial charge is 0.00462 e. The number of hydrogen-bond acceptors (Lipinski definition) is 1. The Bertz CT molecular complexity index is 307. The summed E-state index contributed by atoms with van der Waals surface area (Å²) in [6.07, 6.45) is 3.94. The Morgan fingerprint density at radius 3 is 2.31 bits per heavy atom. The standard InChI is InChI=1S/C15H23N/c1-12(2)15-5-3-13(4-6-15)11-14-7-9-16-10-8-14/h3-6,12,14,16H,7-11H2,1-2H3.